The standard InChI is InChI=1S/C21H23FN2O6/c1-21(2,3)30-20(27)24-7-5-11(6-8-24)15-10-14(25)12-9-13(22)18-16(17(12)28-15)23(4)19(26)29-18/h9-11H,5-8H2,1-4H3. The molecule has 0 bridgehead atoms. The topological polar surface area (TPSA) is 94.9 Å². The zero-order valence-corrected chi connectivity index (χ0v) is 17.3. The largest absolute Gasteiger partial charge is 0.458 e. The maximum Gasteiger partial charge on any atom is 0.419 e. The molecule has 0 atom stereocenters. The van der Waals surface area contributed by atoms with Crippen molar-refractivity contribution in [3.05, 3.63) is 44.5 Å². The Morgan fingerprint density at radius 2 is 1.80 bits per heavy atom. The van der Waals surface area contributed by atoms with Gasteiger partial charge in [0.05, 0.1) is 5.39 Å². The van der Waals surface area contributed by atoms with Crippen LogP contribution in [0.4, 0.5) is 9.18 Å². The van der Waals surface area contributed by atoms with Crippen LogP contribution in [-0.4, -0.2) is 34.3 Å². The number of carbonyl (C=O) groups excluding carboxylic acids is 1. The highest BCUT2D eigenvalue weighted by Crippen LogP contribution is 2.32. The lowest BCUT2D eigenvalue weighted by molar-refractivity contribution is 0.0200. The number of oxazole rings is 1. The SMILES string of the molecule is Cn1c(=O)oc2c(F)cc3c(=O)cc(C4CCN(C(=O)OC(C)(C)C)CC4)oc3c21. The van der Waals surface area contributed by atoms with E-state index >= 15 is 0 Å². The minimum Gasteiger partial charge on any atom is -0.458 e. The lowest BCUT2D eigenvalue weighted by atomic mass is 9.94. The Kier molecular flexibility index (Phi) is 4.71. The number of nitrogens with zero attached hydrogens (tertiary/aromatic N) is 2. The second kappa shape index (κ2) is 7.00. The van der Waals surface area contributed by atoms with Crippen LogP contribution in [-0.2, 0) is 11.8 Å². The number of piperidine rings is 1. The third-order valence-corrected chi connectivity index (χ3v) is 5.27. The van der Waals surface area contributed by atoms with Gasteiger partial charge in [0.15, 0.2) is 22.4 Å². The van der Waals surface area contributed by atoms with Crippen molar-refractivity contribution in [2.75, 3.05) is 13.1 Å². The summed E-state index contributed by atoms with van der Waals surface area (Å²) < 4.78 is 31.8. The summed E-state index contributed by atoms with van der Waals surface area (Å²) in [5, 5.41) is 0.0475. The van der Waals surface area contributed by atoms with E-state index in [9.17, 15) is 18.8 Å². The van der Waals surface area contributed by atoms with E-state index in [0.717, 1.165) is 10.6 Å². The molecule has 2 aromatic heterocycles. The fraction of sp³-hybridized carbons (Fsp3) is 0.476. The van der Waals surface area contributed by atoms with Crippen molar-refractivity contribution in [2.24, 2.45) is 7.05 Å². The number of amides is 1. The molecular formula is C21H23FN2O6. The molecule has 160 valence electrons. The first-order valence-corrected chi connectivity index (χ1v) is 9.79. The summed E-state index contributed by atoms with van der Waals surface area (Å²) in [7, 11) is 1.43. The highest BCUT2D eigenvalue weighted by Gasteiger charge is 2.29. The molecule has 4 rings (SSSR count). The van der Waals surface area contributed by atoms with E-state index < -0.39 is 22.6 Å². The molecule has 9 heteroatoms. The van der Waals surface area contributed by atoms with Crippen molar-refractivity contribution < 1.29 is 22.8 Å². The second-order valence-corrected chi connectivity index (χ2v) is 8.59. The van der Waals surface area contributed by atoms with E-state index in [4.69, 9.17) is 13.6 Å². The van der Waals surface area contributed by atoms with E-state index in [2.05, 4.69) is 0 Å². The Balaban J connectivity index is 1.67. The number of hydrogen-bond donors (Lipinski definition) is 0. The van der Waals surface area contributed by atoms with Crippen molar-refractivity contribution in [3.8, 4) is 0 Å². The predicted octanol–water partition coefficient (Wildman–Crippen LogP) is 3.49. The lowest BCUT2D eigenvalue weighted by Crippen LogP contribution is -2.41. The number of carbonyl (C=O) groups is 1. The molecule has 1 fully saturated rings. The van der Waals surface area contributed by atoms with E-state index in [1.165, 1.54) is 13.1 Å². The summed E-state index contributed by atoms with van der Waals surface area (Å²) in [5.41, 5.74) is -0.970. The Bertz CT molecular complexity index is 1250. The predicted molar refractivity (Wildman–Crippen MR) is 107 cm³/mol. The van der Waals surface area contributed by atoms with Crippen molar-refractivity contribution in [1.29, 1.82) is 0 Å². The van der Waals surface area contributed by atoms with Crippen LogP contribution in [0.25, 0.3) is 22.1 Å². The molecule has 3 heterocycles. The average Bonchev–Trinajstić information content (AvgIpc) is 2.97. The van der Waals surface area contributed by atoms with E-state index in [0.29, 0.717) is 31.7 Å². The van der Waals surface area contributed by atoms with Gasteiger partial charge in [-0.2, -0.15) is 0 Å². The molecule has 0 spiro atoms. The van der Waals surface area contributed by atoms with Gasteiger partial charge >= 0.3 is 11.8 Å². The number of ether oxygens (including phenoxy) is 1. The molecule has 0 N–H and O–H groups in total. The Morgan fingerprint density at radius 1 is 1.13 bits per heavy atom. The fourth-order valence-corrected chi connectivity index (χ4v) is 3.77. The van der Waals surface area contributed by atoms with Crippen molar-refractivity contribution in [2.45, 2.75) is 45.1 Å². The van der Waals surface area contributed by atoms with E-state index in [1.807, 2.05) is 20.8 Å². The summed E-state index contributed by atoms with van der Waals surface area (Å²) in [4.78, 5) is 38.4. The van der Waals surface area contributed by atoms with Gasteiger partial charge < -0.3 is 18.5 Å². The molecule has 0 saturated carbocycles. The summed E-state index contributed by atoms with van der Waals surface area (Å²) in [6, 6.07) is 2.39. The monoisotopic (exact) mass is 418 g/mol. The van der Waals surface area contributed by atoms with Gasteiger partial charge in [0.2, 0.25) is 0 Å². The van der Waals surface area contributed by atoms with Crippen LogP contribution >= 0.6 is 0 Å². The van der Waals surface area contributed by atoms with Crippen LogP contribution < -0.4 is 11.2 Å². The molecule has 1 aliphatic rings. The number of aryl methyl sites for hydroxylation is 1. The van der Waals surface area contributed by atoms with Crippen molar-refractivity contribution in [1.82, 2.24) is 9.47 Å². The van der Waals surface area contributed by atoms with E-state index in [1.54, 1.807) is 4.90 Å². The first kappa shape index (κ1) is 20.2. The molecule has 1 amide bonds. The molecule has 3 aromatic rings. The maximum absolute atomic E-state index is 14.3. The summed E-state index contributed by atoms with van der Waals surface area (Å²) >= 11 is 0. The molecule has 0 aliphatic carbocycles. The van der Waals surface area contributed by atoms with Gasteiger partial charge in [-0.1, -0.05) is 0 Å². The molecule has 0 unspecified atom stereocenters. The molecule has 1 aliphatic heterocycles. The number of aromatic nitrogens is 1. The third-order valence-electron chi connectivity index (χ3n) is 5.27. The number of benzene rings is 1. The van der Waals surface area contributed by atoms with Gasteiger partial charge in [-0.25, -0.2) is 14.0 Å². The van der Waals surface area contributed by atoms with Crippen molar-refractivity contribution in [3.63, 3.8) is 0 Å². The van der Waals surface area contributed by atoms with Crippen LogP contribution in [0, 0.1) is 5.82 Å². The van der Waals surface area contributed by atoms with E-state index in [-0.39, 0.29) is 34.1 Å². The van der Waals surface area contributed by atoms with Crippen LogP contribution in [0.3, 0.4) is 0 Å². The number of rotatable bonds is 1. The zero-order chi connectivity index (χ0) is 21.8. The molecule has 1 saturated heterocycles. The smallest absolute Gasteiger partial charge is 0.419 e. The Hall–Kier alpha value is -3.10. The molecule has 0 radical (unpaired) electrons. The summed E-state index contributed by atoms with van der Waals surface area (Å²) in [6.45, 7) is 6.37. The van der Waals surface area contributed by atoms with Gasteiger partial charge in [-0.05, 0) is 39.7 Å². The third kappa shape index (κ3) is 3.48. The first-order chi connectivity index (χ1) is 14.0. The van der Waals surface area contributed by atoms with Gasteiger partial charge in [-0.3, -0.25) is 9.36 Å². The van der Waals surface area contributed by atoms with Crippen LogP contribution in [0.15, 0.2) is 30.6 Å². The number of halogens is 1. The fourth-order valence-electron chi connectivity index (χ4n) is 3.77. The Morgan fingerprint density at radius 3 is 2.43 bits per heavy atom. The Labute approximate surface area is 170 Å². The first-order valence-electron chi connectivity index (χ1n) is 9.79. The quantitative estimate of drug-likeness (QED) is 0.600. The molecule has 30 heavy (non-hydrogen) atoms. The van der Waals surface area contributed by atoms with Gasteiger partial charge in [-0.15, -0.1) is 0 Å². The van der Waals surface area contributed by atoms with Crippen LogP contribution in [0.1, 0.15) is 45.3 Å². The highest BCUT2D eigenvalue weighted by molar-refractivity contribution is 5.99. The normalized spacial score (nSPS) is 15.8. The summed E-state index contributed by atoms with van der Waals surface area (Å²) in [5.74, 6) is -1.18. The number of likely N-dealkylation sites (tertiary alicyclic amines) is 1. The molecule has 8 nitrogen and oxygen atoms in total. The van der Waals surface area contributed by atoms with Crippen LogP contribution in [0.2, 0.25) is 0 Å². The number of fused-ring (bicyclic) bond motifs is 3. The van der Waals surface area contributed by atoms with Crippen molar-refractivity contribution >= 4 is 28.2 Å². The molecular weight excluding hydrogens is 395 g/mol. The van der Waals surface area contributed by atoms with Gasteiger partial charge in [0.1, 0.15) is 16.9 Å². The van der Waals surface area contributed by atoms with Gasteiger partial charge in [0.25, 0.3) is 0 Å². The minimum atomic E-state index is -0.791. The average molecular weight is 418 g/mol. The summed E-state index contributed by atoms with van der Waals surface area (Å²) in [6.07, 6.45) is 0.802. The molecule has 1 aromatic carbocycles. The maximum atomic E-state index is 14.3. The van der Waals surface area contributed by atoms with Gasteiger partial charge in [0, 0.05) is 32.1 Å². The number of hydrogen-bond acceptors (Lipinski definition) is 6. The highest BCUT2D eigenvalue weighted by atomic mass is 19.1. The second-order valence-electron chi connectivity index (χ2n) is 8.59. The lowest BCUT2D eigenvalue weighted by Gasteiger charge is -2.33. The zero-order valence-electron chi connectivity index (χ0n) is 17.3. The van der Waals surface area contributed by atoms with Crippen LogP contribution in [0.5, 0.6) is 0 Å². The minimum absolute atomic E-state index is 0.0475.